The van der Waals surface area contributed by atoms with Gasteiger partial charge in [0.05, 0.1) is 23.7 Å². The first-order chi connectivity index (χ1) is 21.7. The van der Waals surface area contributed by atoms with E-state index in [4.69, 9.17) is 9.72 Å². The van der Waals surface area contributed by atoms with Gasteiger partial charge >= 0.3 is 0 Å². The molecule has 1 aromatic heterocycles. The summed E-state index contributed by atoms with van der Waals surface area (Å²) in [5, 5.41) is 4.10. The SMILES string of the molecule is CCC(NC(=O)c1c(OCCCN2CCN(c3ccccc3)CC2)c(-c2ccccc2)nc2ccccc12)c1ccccc1. The molecule has 6 heteroatoms. The predicted molar refractivity (Wildman–Crippen MR) is 179 cm³/mol. The smallest absolute Gasteiger partial charge is 0.256 e. The Hall–Kier alpha value is -4.68. The molecule has 1 aliphatic heterocycles. The van der Waals surface area contributed by atoms with Crippen molar-refractivity contribution in [3.63, 3.8) is 0 Å². The predicted octanol–water partition coefficient (Wildman–Crippen LogP) is 7.37. The molecule has 1 saturated heterocycles. The van der Waals surface area contributed by atoms with Gasteiger partial charge in [0.2, 0.25) is 0 Å². The van der Waals surface area contributed by atoms with Gasteiger partial charge in [-0.3, -0.25) is 9.69 Å². The topological polar surface area (TPSA) is 57.7 Å². The Bertz CT molecular complexity index is 1650. The molecule has 0 aliphatic carbocycles. The number of nitrogens with one attached hydrogen (secondary N) is 1. The largest absolute Gasteiger partial charge is 0.490 e. The van der Waals surface area contributed by atoms with Gasteiger partial charge in [0.15, 0.2) is 5.75 Å². The van der Waals surface area contributed by atoms with Crippen LogP contribution in [0.25, 0.3) is 22.2 Å². The Kier molecular flexibility index (Phi) is 9.48. The molecule has 1 N–H and O–H groups in total. The van der Waals surface area contributed by atoms with Crippen LogP contribution in [0.1, 0.15) is 41.7 Å². The number of rotatable bonds is 11. The number of para-hydroxylation sites is 2. The number of nitrogens with zero attached hydrogens (tertiary/aromatic N) is 3. The van der Waals surface area contributed by atoms with Gasteiger partial charge in [-0.1, -0.05) is 104 Å². The minimum Gasteiger partial charge on any atom is -0.490 e. The van der Waals surface area contributed by atoms with Crippen molar-refractivity contribution in [1.29, 1.82) is 0 Å². The number of ether oxygens (including phenoxy) is 1. The van der Waals surface area contributed by atoms with E-state index in [1.807, 2.05) is 72.8 Å². The average Bonchev–Trinajstić information content (AvgIpc) is 3.10. The number of hydrogen-bond donors (Lipinski definition) is 1. The monoisotopic (exact) mass is 584 g/mol. The van der Waals surface area contributed by atoms with Crippen LogP contribution in [0.5, 0.6) is 5.75 Å². The highest BCUT2D eigenvalue weighted by Gasteiger charge is 2.25. The average molecular weight is 585 g/mol. The van der Waals surface area contributed by atoms with Crippen LogP contribution in [-0.2, 0) is 0 Å². The summed E-state index contributed by atoms with van der Waals surface area (Å²) in [5.74, 6) is 0.396. The van der Waals surface area contributed by atoms with E-state index in [0.29, 0.717) is 23.6 Å². The number of pyridine rings is 1. The fourth-order valence-electron chi connectivity index (χ4n) is 6.02. The van der Waals surface area contributed by atoms with Gasteiger partial charge in [-0.2, -0.15) is 0 Å². The Morgan fingerprint density at radius 2 is 1.45 bits per heavy atom. The lowest BCUT2D eigenvalue weighted by atomic mass is 10.00. The highest BCUT2D eigenvalue weighted by molar-refractivity contribution is 6.10. The molecule has 1 fully saturated rings. The summed E-state index contributed by atoms with van der Waals surface area (Å²) in [6.07, 6.45) is 1.63. The normalized spacial score (nSPS) is 14.3. The molecule has 1 amide bonds. The quantitative estimate of drug-likeness (QED) is 0.164. The number of aromatic nitrogens is 1. The Morgan fingerprint density at radius 1 is 0.818 bits per heavy atom. The van der Waals surface area contributed by atoms with Crippen LogP contribution in [0.4, 0.5) is 5.69 Å². The number of anilines is 1. The zero-order valence-corrected chi connectivity index (χ0v) is 25.4. The fourth-order valence-corrected chi connectivity index (χ4v) is 6.02. The second kappa shape index (κ2) is 14.2. The number of carbonyl (C=O) groups is 1. The van der Waals surface area contributed by atoms with Gasteiger partial charge in [-0.25, -0.2) is 4.98 Å². The first-order valence-electron chi connectivity index (χ1n) is 15.7. The van der Waals surface area contributed by atoms with E-state index in [1.165, 1.54) is 5.69 Å². The standard InChI is InChI=1S/C38H40N4O2/c1-2-33(29-15-6-3-7-16-29)40-38(43)35-32-21-12-13-22-34(32)39-36(30-17-8-4-9-18-30)37(35)44-28-14-23-41-24-26-42(27-25-41)31-19-10-5-11-20-31/h3-13,15-22,33H,2,14,23-28H2,1H3,(H,40,43). The third-order valence-corrected chi connectivity index (χ3v) is 8.40. The first kappa shape index (κ1) is 29.4. The molecule has 1 atom stereocenters. The zero-order valence-electron chi connectivity index (χ0n) is 25.4. The van der Waals surface area contributed by atoms with Crippen molar-refractivity contribution in [2.75, 3.05) is 44.2 Å². The molecule has 1 aliphatic rings. The summed E-state index contributed by atoms with van der Waals surface area (Å²) in [4.78, 5) is 24.2. The van der Waals surface area contributed by atoms with E-state index in [-0.39, 0.29) is 11.9 Å². The first-order valence-corrected chi connectivity index (χ1v) is 15.7. The molecule has 44 heavy (non-hydrogen) atoms. The summed E-state index contributed by atoms with van der Waals surface area (Å²) in [6.45, 7) is 7.60. The minimum atomic E-state index is -0.150. The second-order valence-electron chi connectivity index (χ2n) is 11.3. The fraction of sp³-hybridized carbons (Fsp3) is 0.263. The van der Waals surface area contributed by atoms with Gasteiger partial charge in [0.1, 0.15) is 5.69 Å². The molecular weight excluding hydrogens is 544 g/mol. The summed E-state index contributed by atoms with van der Waals surface area (Å²) in [5.41, 5.74) is 5.30. The van der Waals surface area contributed by atoms with Crippen molar-refractivity contribution in [2.45, 2.75) is 25.8 Å². The van der Waals surface area contributed by atoms with Crippen LogP contribution in [0, 0.1) is 0 Å². The lowest BCUT2D eigenvalue weighted by molar-refractivity contribution is 0.0933. The molecular formula is C38H40N4O2. The molecule has 2 heterocycles. The Balaban J connectivity index is 1.23. The van der Waals surface area contributed by atoms with E-state index in [2.05, 4.69) is 64.5 Å². The van der Waals surface area contributed by atoms with Crippen molar-refractivity contribution in [3.05, 3.63) is 126 Å². The highest BCUT2D eigenvalue weighted by atomic mass is 16.5. The van der Waals surface area contributed by atoms with E-state index in [9.17, 15) is 4.79 Å². The lowest BCUT2D eigenvalue weighted by Crippen LogP contribution is -2.46. The number of piperazine rings is 1. The van der Waals surface area contributed by atoms with Gasteiger partial charge < -0.3 is 15.0 Å². The van der Waals surface area contributed by atoms with Gasteiger partial charge in [-0.05, 0) is 36.6 Å². The van der Waals surface area contributed by atoms with Crippen molar-refractivity contribution < 1.29 is 9.53 Å². The summed E-state index contributed by atoms with van der Waals surface area (Å²) >= 11 is 0. The third kappa shape index (κ3) is 6.76. The Labute approximate surface area is 260 Å². The molecule has 0 saturated carbocycles. The van der Waals surface area contributed by atoms with Crippen LogP contribution in [0.2, 0.25) is 0 Å². The van der Waals surface area contributed by atoms with Crippen LogP contribution in [-0.4, -0.2) is 55.1 Å². The number of carbonyl (C=O) groups excluding carboxylic acids is 1. The molecule has 224 valence electrons. The van der Waals surface area contributed by atoms with Gasteiger partial charge in [0.25, 0.3) is 5.91 Å². The molecule has 5 aromatic rings. The molecule has 0 spiro atoms. The number of amides is 1. The molecule has 6 nitrogen and oxygen atoms in total. The van der Waals surface area contributed by atoms with E-state index < -0.39 is 0 Å². The minimum absolute atomic E-state index is 0.113. The molecule has 4 aromatic carbocycles. The van der Waals surface area contributed by atoms with E-state index in [1.54, 1.807) is 0 Å². The van der Waals surface area contributed by atoms with E-state index in [0.717, 1.165) is 67.6 Å². The Morgan fingerprint density at radius 3 is 2.16 bits per heavy atom. The van der Waals surface area contributed by atoms with Crippen LogP contribution in [0.15, 0.2) is 115 Å². The van der Waals surface area contributed by atoms with Gasteiger partial charge in [0, 0.05) is 49.4 Å². The lowest BCUT2D eigenvalue weighted by Gasteiger charge is -2.36. The third-order valence-electron chi connectivity index (χ3n) is 8.40. The number of hydrogen-bond acceptors (Lipinski definition) is 5. The number of fused-ring (bicyclic) bond motifs is 1. The maximum atomic E-state index is 14.2. The maximum absolute atomic E-state index is 14.2. The van der Waals surface area contributed by atoms with Crippen LogP contribution >= 0.6 is 0 Å². The molecule has 1 unspecified atom stereocenters. The summed E-state index contributed by atoms with van der Waals surface area (Å²) < 4.78 is 6.59. The highest BCUT2D eigenvalue weighted by Crippen LogP contribution is 2.37. The molecule has 0 bridgehead atoms. The second-order valence-corrected chi connectivity index (χ2v) is 11.3. The maximum Gasteiger partial charge on any atom is 0.256 e. The van der Waals surface area contributed by atoms with Crippen molar-refractivity contribution in [3.8, 4) is 17.0 Å². The molecule has 6 rings (SSSR count). The molecule has 0 radical (unpaired) electrons. The summed E-state index contributed by atoms with van der Waals surface area (Å²) in [6, 6.07) is 38.5. The van der Waals surface area contributed by atoms with Crippen molar-refractivity contribution in [1.82, 2.24) is 15.2 Å². The van der Waals surface area contributed by atoms with Crippen LogP contribution < -0.4 is 15.0 Å². The van der Waals surface area contributed by atoms with E-state index >= 15 is 0 Å². The van der Waals surface area contributed by atoms with Gasteiger partial charge in [-0.15, -0.1) is 0 Å². The number of benzene rings is 4. The zero-order chi connectivity index (χ0) is 30.1. The van der Waals surface area contributed by atoms with Crippen molar-refractivity contribution >= 4 is 22.5 Å². The van der Waals surface area contributed by atoms with Crippen molar-refractivity contribution in [2.24, 2.45) is 0 Å². The summed E-state index contributed by atoms with van der Waals surface area (Å²) in [7, 11) is 0. The van der Waals surface area contributed by atoms with Crippen LogP contribution in [0.3, 0.4) is 0 Å².